The molecule has 1 amide bonds. The molecule has 23 heavy (non-hydrogen) atoms. The van der Waals surface area contributed by atoms with Gasteiger partial charge in [-0.1, -0.05) is 0 Å². The summed E-state index contributed by atoms with van der Waals surface area (Å²) in [6, 6.07) is 0. The first kappa shape index (κ1) is 19.0. The molecule has 9 heteroatoms. The fourth-order valence-electron chi connectivity index (χ4n) is 2.71. The number of rotatable bonds is 7. The number of ether oxygens (including phenoxy) is 1. The number of nitrogens with zero attached hydrogens (tertiary/aromatic N) is 2. The molecule has 0 radical (unpaired) electrons. The average molecular weight is 332 g/mol. The molecule has 1 fully saturated rings. The highest BCUT2D eigenvalue weighted by atomic mass is 16.9. The summed E-state index contributed by atoms with van der Waals surface area (Å²) < 4.78 is 5.30. The number of carboxylic acids is 1. The standard InChI is InChI=1S/C14H24N2O7/c1-13(2,3)23-12(19)15-9-6-8-14(15,11(17)18)7-4-5-10-22-16(20)21/h4-10H2,1-3H3,(H,17,18). The van der Waals surface area contributed by atoms with Crippen LogP contribution in [-0.4, -0.2) is 51.4 Å². The topological polar surface area (TPSA) is 119 Å². The quantitative estimate of drug-likeness (QED) is 0.431. The van der Waals surface area contributed by atoms with Gasteiger partial charge in [0, 0.05) is 6.54 Å². The van der Waals surface area contributed by atoms with Gasteiger partial charge in [0.25, 0.3) is 5.09 Å². The van der Waals surface area contributed by atoms with E-state index in [1.165, 1.54) is 4.90 Å². The number of unbranched alkanes of at least 4 members (excludes halogenated alkanes) is 1. The van der Waals surface area contributed by atoms with Gasteiger partial charge in [0.2, 0.25) is 0 Å². The first-order valence-corrected chi connectivity index (χ1v) is 7.60. The van der Waals surface area contributed by atoms with Crippen LogP contribution >= 0.6 is 0 Å². The smallest absolute Gasteiger partial charge is 0.411 e. The van der Waals surface area contributed by atoms with Crippen molar-refractivity contribution in [3.05, 3.63) is 10.1 Å². The zero-order chi connectivity index (χ0) is 17.7. The summed E-state index contributed by atoms with van der Waals surface area (Å²) in [6.45, 7) is 5.40. The third-order valence-corrected chi connectivity index (χ3v) is 3.68. The van der Waals surface area contributed by atoms with Crippen molar-refractivity contribution in [3.63, 3.8) is 0 Å². The Balaban J connectivity index is 2.71. The van der Waals surface area contributed by atoms with Crippen molar-refractivity contribution in [1.82, 2.24) is 4.90 Å². The summed E-state index contributed by atoms with van der Waals surface area (Å²) in [5.41, 5.74) is -2.01. The van der Waals surface area contributed by atoms with E-state index in [2.05, 4.69) is 4.84 Å². The van der Waals surface area contributed by atoms with Gasteiger partial charge in [0.15, 0.2) is 0 Å². The van der Waals surface area contributed by atoms with E-state index in [-0.39, 0.29) is 13.0 Å². The van der Waals surface area contributed by atoms with Crippen LogP contribution in [0.4, 0.5) is 4.79 Å². The van der Waals surface area contributed by atoms with Crippen molar-refractivity contribution >= 4 is 12.1 Å². The molecule has 1 atom stereocenters. The molecule has 0 aromatic carbocycles. The van der Waals surface area contributed by atoms with Gasteiger partial charge in [-0.25, -0.2) is 9.59 Å². The minimum absolute atomic E-state index is 0.0882. The van der Waals surface area contributed by atoms with Crippen LogP contribution in [0.2, 0.25) is 0 Å². The predicted molar refractivity (Wildman–Crippen MR) is 79.3 cm³/mol. The van der Waals surface area contributed by atoms with Crippen LogP contribution < -0.4 is 0 Å². The molecule has 1 aliphatic heterocycles. The molecule has 0 aromatic heterocycles. The van der Waals surface area contributed by atoms with Crippen molar-refractivity contribution < 1.29 is 29.4 Å². The van der Waals surface area contributed by atoms with Gasteiger partial charge in [-0.3, -0.25) is 4.90 Å². The number of aliphatic carboxylic acids is 1. The van der Waals surface area contributed by atoms with Gasteiger partial charge in [-0.05, 0) is 52.9 Å². The lowest BCUT2D eigenvalue weighted by Crippen LogP contribution is -2.54. The first-order chi connectivity index (χ1) is 10.6. The lowest BCUT2D eigenvalue weighted by atomic mass is 9.90. The fourth-order valence-corrected chi connectivity index (χ4v) is 2.71. The summed E-state index contributed by atoms with van der Waals surface area (Å²) in [7, 11) is 0. The maximum absolute atomic E-state index is 12.3. The summed E-state index contributed by atoms with van der Waals surface area (Å²) in [5, 5.41) is 18.8. The maximum atomic E-state index is 12.3. The van der Waals surface area contributed by atoms with E-state index in [0.29, 0.717) is 32.2 Å². The van der Waals surface area contributed by atoms with Crippen molar-refractivity contribution in [2.24, 2.45) is 0 Å². The maximum Gasteiger partial charge on any atom is 0.411 e. The Labute approximate surface area is 134 Å². The summed E-state index contributed by atoms with van der Waals surface area (Å²) in [5.74, 6) is -1.07. The van der Waals surface area contributed by atoms with E-state index in [1.807, 2.05) is 0 Å². The minimum Gasteiger partial charge on any atom is -0.479 e. The molecular formula is C14H24N2O7. The van der Waals surface area contributed by atoms with E-state index in [9.17, 15) is 24.8 Å². The van der Waals surface area contributed by atoms with Gasteiger partial charge in [0.05, 0.1) is 6.61 Å². The molecule has 0 saturated carbocycles. The molecule has 0 bridgehead atoms. The molecule has 1 aliphatic rings. The zero-order valence-corrected chi connectivity index (χ0v) is 13.7. The summed E-state index contributed by atoms with van der Waals surface area (Å²) >= 11 is 0. The molecular weight excluding hydrogens is 308 g/mol. The Morgan fingerprint density at radius 1 is 1.35 bits per heavy atom. The minimum atomic E-state index is -1.31. The molecule has 1 unspecified atom stereocenters. The Kier molecular flexibility index (Phi) is 6.17. The molecule has 0 aromatic rings. The highest BCUT2D eigenvalue weighted by Gasteiger charge is 2.50. The Hall–Kier alpha value is -2.06. The van der Waals surface area contributed by atoms with Crippen molar-refractivity contribution in [1.29, 1.82) is 0 Å². The van der Waals surface area contributed by atoms with Crippen LogP contribution in [0.15, 0.2) is 0 Å². The molecule has 0 aliphatic carbocycles. The van der Waals surface area contributed by atoms with Crippen LogP contribution in [0, 0.1) is 10.1 Å². The fraction of sp³-hybridized carbons (Fsp3) is 0.857. The van der Waals surface area contributed by atoms with Crippen LogP contribution in [0.1, 0.15) is 52.9 Å². The first-order valence-electron chi connectivity index (χ1n) is 7.60. The van der Waals surface area contributed by atoms with Crippen LogP contribution in [0.5, 0.6) is 0 Å². The van der Waals surface area contributed by atoms with E-state index < -0.39 is 28.3 Å². The SMILES string of the molecule is CC(C)(C)OC(=O)N1CCCC1(CCCCO[N+](=O)[O-])C(=O)O. The second kappa shape index (κ2) is 7.47. The number of carbonyl (C=O) groups excluding carboxylic acids is 1. The van der Waals surface area contributed by atoms with Crippen molar-refractivity contribution in [3.8, 4) is 0 Å². The van der Waals surface area contributed by atoms with E-state index in [0.717, 1.165) is 0 Å². The molecule has 9 nitrogen and oxygen atoms in total. The Morgan fingerprint density at radius 2 is 2.00 bits per heavy atom. The van der Waals surface area contributed by atoms with E-state index in [4.69, 9.17) is 4.74 Å². The molecule has 1 rings (SSSR count). The van der Waals surface area contributed by atoms with Crippen LogP contribution in [0.3, 0.4) is 0 Å². The second-order valence-electron chi connectivity index (χ2n) is 6.59. The predicted octanol–water partition coefficient (Wildman–Crippen LogP) is 2.22. The zero-order valence-electron chi connectivity index (χ0n) is 13.7. The molecule has 0 spiro atoms. The molecule has 1 saturated heterocycles. The highest BCUT2D eigenvalue weighted by molar-refractivity contribution is 5.85. The number of hydrogen-bond donors (Lipinski definition) is 1. The number of likely N-dealkylation sites (tertiary alicyclic amines) is 1. The van der Waals surface area contributed by atoms with Gasteiger partial charge < -0.3 is 14.7 Å². The molecule has 1 N–H and O–H groups in total. The lowest BCUT2D eigenvalue weighted by Gasteiger charge is -2.36. The third kappa shape index (κ3) is 5.26. The highest BCUT2D eigenvalue weighted by Crippen LogP contribution is 2.35. The molecule has 132 valence electrons. The number of amides is 1. The van der Waals surface area contributed by atoms with Gasteiger partial charge >= 0.3 is 12.1 Å². The lowest BCUT2D eigenvalue weighted by molar-refractivity contribution is -0.757. The van der Waals surface area contributed by atoms with E-state index >= 15 is 0 Å². The van der Waals surface area contributed by atoms with Crippen molar-refractivity contribution in [2.75, 3.05) is 13.2 Å². The Morgan fingerprint density at radius 3 is 2.52 bits per heavy atom. The monoisotopic (exact) mass is 332 g/mol. The third-order valence-electron chi connectivity index (χ3n) is 3.68. The normalized spacial score (nSPS) is 21.1. The van der Waals surface area contributed by atoms with Gasteiger partial charge in [-0.15, -0.1) is 10.1 Å². The largest absolute Gasteiger partial charge is 0.479 e. The van der Waals surface area contributed by atoms with E-state index in [1.54, 1.807) is 20.8 Å². The number of carbonyl (C=O) groups is 2. The molecule has 1 heterocycles. The van der Waals surface area contributed by atoms with Crippen LogP contribution in [-0.2, 0) is 14.4 Å². The van der Waals surface area contributed by atoms with Crippen LogP contribution in [0.25, 0.3) is 0 Å². The summed E-state index contributed by atoms with van der Waals surface area (Å²) in [6.07, 6.45) is 1.24. The average Bonchev–Trinajstić information content (AvgIpc) is 2.81. The number of hydrogen-bond acceptors (Lipinski definition) is 6. The second-order valence-corrected chi connectivity index (χ2v) is 6.59. The summed E-state index contributed by atoms with van der Waals surface area (Å²) in [4.78, 5) is 39.6. The van der Waals surface area contributed by atoms with Gasteiger partial charge in [-0.2, -0.15) is 0 Å². The number of carboxylic acid groups (broad SMARTS) is 1. The van der Waals surface area contributed by atoms with Crippen molar-refractivity contribution in [2.45, 2.75) is 64.0 Å². The Bertz CT molecular complexity index is 461. The van der Waals surface area contributed by atoms with Gasteiger partial charge in [0.1, 0.15) is 11.1 Å².